The lowest BCUT2D eigenvalue weighted by atomic mass is 9.96. The van der Waals surface area contributed by atoms with Gasteiger partial charge in [0.2, 0.25) is 0 Å². The van der Waals surface area contributed by atoms with Crippen LogP contribution in [0.15, 0.2) is 59.2 Å². The largest absolute Gasteiger partial charge is 0.385 e. The van der Waals surface area contributed by atoms with E-state index in [1.165, 1.54) is 17.0 Å². The van der Waals surface area contributed by atoms with E-state index < -0.39 is 0 Å². The average molecular weight is 499 g/mol. The third-order valence-corrected chi connectivity index (χ3v) is 6.65. The minimum Gasteiger partial charge on any atom is -0.385 e. The maximum Gasteiger partial charge on any atom is 0.170 e. The van der Waals surface area contributed by atoms with Gasteiger partial charge in [0.15, 0.2) is 5.11 Å². The van der Waals surface area contributed by atoms with Crippen molar-refractivity contribution < 1.29 is 4.74 Å². The van der Waals surface area contributed by atoms with Crippen LogP contribution in [0, 0.1) is 13.8 Å². The molecule has 5 nitrogen and oxygen atoms in total. The highest BCUT2D eigenvalue weighted by Gasteiger charge is 2.41. The maximum atomic E-state index is 5.77. The van der Waals surface area contributed by atoms with Gasteiger partial charge in [-0.25, -0.2) is 0 Å². The predicted molar refractivity (Wildman–Crippen MR) is 132 cm³/mol. The summed E-state index contributed by atoms with van der Waals surface area (Å²) in [7, 11) is 1.74. The fourth-order valence-electron chi connectivity index (χ4n) is 4.46. The molecule has 0 radical (unpaired) electrons. The SMILES string of the molecule is COCCCN1C(=S)N[C@H](c2ccccn2)[C@H]1c1cc(C)n(-c2cccc(Br)c2)c1C. The van der Waals surface area contributed by atoms with Crippen molar-refractivity contribution in [1.29, 1.82) is 0 Å². The van der Waals surface area contributed by atoms with Gasteiger partial charge in [-0.3, -0.25) is 4.98 Å². The molecule has 3 aromatic rings. The van der Waals surface area contributed by atoms with E-state index in [1.807, 2.05) is 24.4 Å². The Bertz CT molecular complexity index is 1070. The van der Waals surface area contributed by atoms with Gasteiger partial charge in [-0.2, -0.15) is 0 Å². The van der Waals surface area contributed by atoms with Crippen LogP contribution in [0.4, 0.5) is 0 Å². The van der Waals surface area contributed by atoms with E-state index in [2.05, 4.69) is 79.9 Å². The van der Waals surface area contributed by atoms with Gasteiger partial charge in [0.05, 0.1) is 17.8 Å². The molecule has 1 fully saturated rings. The first-order valence-corrected chi connectivity index (χ1v) is 11.6. The molecule has 2 atom stereocenters. The van der Waals surface area contributed by atoms with E-state index in [1.54, 1.807) is 7.11 Å². The third kappa shape index (κ3) is 4.40. The number of aryl methyl sites for hydroxylation is 1. The van der Waals surface area contributed by atoms with Crippen molar-refractivity contribution in [1.82, 2.24) is 19.8 Å². The number of halogens is 1. The van der Waals surface area contributed by atoms with Gasteiger partial charge in [0.1, 0.15) is 0 Å². The minimum absolute atomic E-state index is 0.00676. The third-order valence-electron chi connectivity index (χ3n) is 5.80. The van der Waals surface area contributed by atoms with Gasteiger partial charge in [-0.15, -0.1) is 0 Å². The highest BCUT2D eigenvalue weighted by Crippen LogP contribution is 2.41. The van der Waals surface area contributed by atoms with Gasteiger partial charge in [-0.05, 0) is 74.4 Å². The van der Waals surface area contributed by atoms with Crippen LogP contribution >= 0.6 is 28.1 Å². The van der Waals surface area contributed by atoms with Gasteiger partial charge in [-0.1, -0.05) is 28.1 Å². The first kappa shape index (κ1) is 22.0. The van der Waals surface area contributed by atoms with E-state index in [0.29, 0.717) is 6.61 Å². The fourth-order valence-corrected chi connectivity index (χ4v) is 5.18. The number of hydrogen-bond donors (Lipinski definition) is 1. The average Bonchev–Trinajstić information content (AvgIpc) is 3.24. The van der Waals surface area contributed by atoms with Crippen LogP contribution in [-0.2, 0) is 4.74 Å². The van der Waals surface area contributed by atoms with Crippen molar-refractivity contribution in [2.24, 2.45) is 0 Å². The number of ether oxygens (including phenoxy) is 1. The van der Waals surface area contributed by atoms with Crippen LogP contribution in [0.1, 0.15) is 41.1 Å². The lowest BCUT2D eigenvalue weighted by molar-refractivity contribution is 0.180. The molecule has 1 aliphatic rings. The number of thiocarbonyl (C=S) groups is 1. The molecule has 1 N–H and O–H groups in total. The number of pyridine rings is 1. The Morgan fingerprint density at radius 2 is 2.00 bits per heavy atom. The summed E-state index contributed by atoms with van der Waals surface area (Å²) in [6, 6.07) is 16.8. The Hall–Kier alpha value is -2.22. The molecule has 162 valence electrons. The zero-order valence-electron chi connectivity index (χ0n) is 18.0. The molecule has 2 aromatic heterocycles. The van der Waals surface area contributed by atoms with Crippen molar-refractivity contribution in [3.05, 3.63) is 81.8 Å². The zero-order chi connectivity index (χ0) is 22.0. The Balaban J connectivity index is 1.79. The second kappa shape index (κ2) is 9.51. The summed E-state index contributed by atoms with van der Waals surface area (Å²) < 4.78 is 8.67. The standard InChI is InChI=1S/C24H27BrN4OS/c1-16-14-20(17(2)29(16)19-9-6-8-18(25)15-19)23-22(21-10-4-5-11-26-21)27-24(31)28(23)12-7-13-30-3/h4-6,8-11,14-15,22-23H,7,12-13H2,1-3H3,(H,27,31)/t22-,23-/m1/s1. The highest BCUT2D eigenvalue weighted by molar-refractivity contribution is 9.10. The van der Waals surface area contributed by atoms with Crippen molar-refractivity contribution >= 4 is 33.3 Å². The highest BCUT2D eigenvalue weighted by atomic mass is 79.9. The molecule has 3 heterocycles. The Morgan fingerprint density at radius 3 is 2.71 bits per heavy atom. The number of benzene rings is 1. The summed E-state index contributed by atoms with van der Waals surface area (Å²) >= 11 is 9.38. The van der Waals surface area contributed by atoms with Crippen LogP contribution in [-0.4, -0.2) is 39.8 Å². The molecule has 1 aliphatic heterocycles. The van der Waals surface area contributed by atoms with E-state index >= 15 is 0 Å². The second-order valence-electron chi connectivity index (χ2n) is 7.81. The first-order chi connectivity index (χ1) is 15.0. The quantitative estimate of drug-likeness (QED) is 0.355. The summed E-state index contributed by atoms with van der Waals surface area (Å²) in [6.07, 6.45) is 2.75. The molecule has 0 amide bonds. The minimum atomic E-state index is -0.00676. The first-order valence-electron chi connectivity index (χ1n) is 10.4. The molecule has 1 aromatic carbocycles. The number of rotatable bonds is 7. The molecule has 1 saturated heterocycles. The summed E-state index contributed by atoms with van der Waals surface area (Å²) in [5.74, 6) is 0. The van der Waals surface area contributed by atoms with Crippen LogP contribution in [0.5, 0.6) is 0 Å². The molecule has 7 heteroatoms. The van der Waals surface area contributed by atoms with Crippen molar-refractivity contribution in [3.63, 3.8) is 0 Å². The van der Waals surface area contributed by atoms with Crippen LogP contribution in [0.2, 0.25) is 0 Å². The van der Waals surface area contributed by atoms with Gasteiger partial charge < -0.3 is 19.5 Å². The van der Waals surface area contributed by atoms with Crippen LogP contribution < -0.4 is 5.32 Å². The smallest absolute Gasteiger partial charge is 0.170 e. The van der Waals surface area contributed by atoms with E-state index in [-0.39, 0.29) is 12.1 Å². The Morgan fingerprint density at radius 1 is 1.16 bits per heavy atom. The lowest BCUT2D eigenvalue weighted by Gasteiger charge is -2.28. The maximum absolute atomic E-state index is 5.77. The molecular formula is C24H27BrN4OS. The van der Waals surface area contributed by atoms with Gasteiger partial charge in [0, 0.05) is 48.0 Å². The molecule has 0 unspecified atom stereocenters. The normalized spacial score (nSPS) is 18.5. The van der Waals surface area contributed by atoms with Crippen molar-refractivity contribution in [2.45, 2.75) is 32.4 Å². The van der Waals surface area contributed by atoms with Crippen molar-refractivity contribution in [3.8, 4) is 5.69 Å². The summed E-state index contributed by atoms with van der Waals surface area (Å²) in [5, 5.41) is 4.31. The van der Waals surface area contributed by atoms with Gasteiger partial charge in [0.25, 0.3) is 0 Å². The lowest BCUT2D eigenvalue weighted by Crippen LogP contribution is -2.31. The van der Waals surface area contributed by atoms with Gasteiger partial charge >= 0.3 is 0 Å². The van der Waals surface area contributed by atoms with Crippen LogP contribution in [0.3, 0.4) is 0 Å². The Labute approximate surface area is 197 Å². The molecule has 0 saturated carbocycles. The molecular weight excluding hydrogens is 472 g/mol. The molecule has 31 heavy (non-hydrogen) atoms. The molecule has 0 aliphatic carbocycles. The van der Waals surface area contributed by atoms with Crippen LogP contribution in [0.25, 0.3) is 5.69 Å². The Kier molecular flexibility index (Phi) is 6.74. The number of hydrogen-bond acceptors (Lipinski definition) is 3. The number of nitrogens with zero attached hydrogens (tertiary/aromatic N) is 3. The summed E-state index contributed by atoms with van der Waals surface area (Å²) in [5.41, 5.74) is 5.81. The fraction of sp³-hybridized carbons (Fsp3) is 0.333. The van der Waals surface area contributed by atoms with E-state index in [0.717, 1.165) is 33.9 Å². The summed E-state index contributed by atoms with van der Waals surface area (Å²) in [6.45, 7) is 5.88. The molecule has 0 bridgehead atoms. The predicted octanol–water partition coefficient (Wildman–Crippen LogP) is 5.26. The topological polar surface area (TPSA) is 42.3 Å². The second-order valence-corrected chi connectivity index (χ2v) is 9.11. The summed E-state index contributed by atoms with van der Waals surface area (Å²) in [4.78, 5) is 6.94. The molecule has 4 rings (SSSR count). The monoisotopic (exact) mass is 498 g/mol. The number of nitrogens with one attached hydrogen (secondary N) is 1. The van der Waals surface area contributed by atoms with E-state index in [9.17, 15) is 0 Å². The number of aromatic nitrogens is 2. The zero-order valence-corrected chi connectivity index (χ0v) is 20.4. The van der Waals surface area contributed by atoms with E-state index in [4.69, 9.17) is 17.0 Å². The molecule has 0 spiro atoms. The number of methoxy groups -OCH3 is 1. The van der Waals surface area contributed by atoms with Crippen molar-refractivity contribution in [2.75, 3.05) is 20.3 Å².